The van der Waals surface area contributed by atoms with Crippen molar-refractivity contribution in [2.75, 3.05) is 50.7 Å². The third-order valence-electron chi connectivity index (χ3n) is 10.4. The lowest BCUT2D eigenvalue weighted by Crippen LogP contribution is -2.57. The summed E-state index contributed by atoms with van der Waals surface area (Å²) in [5.74, 6) is -0.578. The Balaban J connectivity index is 1.20. The fourth-order valence-electron chi connectivity index (χ4n) is 7.36. The molecule has 4 aromatic carbocycles. The van der Waals surface area contributed by atoms with Crippen LogP contribution < -0.4 is 10.4 Å². The number of anilines is 1. The number of nitrogens with zero attached hydrogens (tertiary/aromatic N) is 5. The van der Waals surface area contributed by atoms with Crippen molar-refractivity contribution in [3.8, 4) is 0 Å². The number of hydrogen-bond acceptors (Lipinski definition) is 9. The second-order valence-electron chi connectivity index (χ2n) is 14.7. The van der Waals surface area contributed by atoms with Crippen LogP contribution in [0.5, 0.6) is 0 Å². The molecular weight excluding hydrogens is 727 g/mol. The minimum atomic E-state index is -0.588. The molecule has 14 heteroatoms. The summed E-state index contributed by atoms with van der Waals surface area (Å²) in [4.78, 5) is 62.8. The van der Waals surface area contributed by atoms with Gasteiger partial charge in [-0.15, -0.1) is 0 Å². The van der Waals surface area contributed by atoms with Crippen molar-refractivity contribution in [2.45, 2.75) is 39.3 Å². The normalized spacial score (nSPS) is 16.2. The summed E-state index contributed by atoms with van der Waals surface area (Å²) < 4.78 is 5.79. The molecule has 3 amide bonds. The van der Waals surface area contributed by atoms with Gasteiger partial charge in [-0.3, -0.25) is 30.1 Å². The lowest BCUT2D eigenvalue weighted by Gasteiger charge is -2.43. The molecule has 14 nitrogen and oxygen atoms in total. The Kier molecular flexibility index (Phi) is 13.8. The van der Waals surface area contributed by atoms with Gasteiger partial charge in [0, 0.05) is 75.5 Å². The van der Waals surface area contributed by atoms with Crippen LogP contribution in [0.1, 0.15) is 42.0 Å². The van der Waals surface area contributed by atoms with E-state index in [1.54, 1.807) is 40.1 Å². The summed E-state index contributed by atoms with van der Waals surface area (Å²) in [7, 11) is 0. The largest absolute Gasteiger partial charge is 0.445 e. The van der Waals surface area contributed by atoms with Crippen molar-refractivity contribution in [2.24, 2.45) is 11.8 Å². The quantitative estimate of drug-likeness (QED) is 0.0619. The van der Waals surface area contributed by atoms with E-state index in [1.165, 1.54) is 24.6 Å². The molecule has 57 heavy (non-hydrogen) atoms. The van der Waals surface area contributed by atoms with Crippen molar-refractivity contribution in [1.82, 2.24) is 20.2 Å². The van der Waals surface area contributed by atoms with Crippen LogP contribution in [-0.4, -0.2) is 89.4 Å². The van der Waals surface area contributed by atoms with E-state index >= 15 is 0 Å². The average molecular weight is 776 g/mol. The molecule has 1 atom stereocenters. The number of hydrogen-bond donors (Lipinski definition) is 2. The van der Waals surface area contributed by atoms with Crippen LogP contribution in [0.3, 0.4) is 0 Å². The summed E-state index contributed by atoms with van der Waals surface area (Å²) in [5.41, 5.74) is 6.29. The maximum absolute atomic E-state index is 14.4. The highest BCUT2D eigenvalue weighted by Crippen LogP contribution is 2.28. The number of piperidine rings is 1. The van der Waals surface area contributed by atoms with Crippen LogP contribution in [-0.2, 0) is 33.9 Å². The zero-order valence-electron chi connectivity index (χ0n) is 32.1. The summed E-state index contributed by atoms with van der Waals surface area (Å²) in [6.45, 7) is 5.96. The first-order chi connectivity index (χ1) is 27.6. The first-order valence-corrected chi connectivity index (χ1v) is 19.3. The van der Waals surface area contributed by atoms with Crippen LogP contribution in [0.15, 0.2) is 109 Å². The molecule has 2 saturated heterocycles. The third-order valence-corrected chi connectivity index (χ3v) is 10.4. The van der Waals surface area contributed by atoms with Crippen LogP contribution in [0.2, 0.25) is 0 Å². The van der Waals surface area contributed by atoms with E-state index in [0.717, 1.165) is 38.0 Å². The number of carbonyl (C=O) groups is 3. The summed E-state index contributed by atoms with van der Waals surface area (Å²) in [6, 6.07) is 33.0. The first-order valence-electron chi connectivity index (χ1n) is 19.3. The Hall–Kier alpha value is -6.28. The van der Waals surface area contributed by atoms with Crippen molar-refractivity contribution in [3.05, 3.63) is 142 Å². The smallest absolute Gasteiger partial charge is 0.410 e. The van der Waals surface area contributed by atoms with E-state index in [1.807, 2.05) is 47.4 Å². The van der Waals surface area contributed by atoms with Crippen molar-refractivity contribution in [3.63, 3.8) is 0 Å². The number of amidine groups is 1. The standard InChI is InChI=1S/C43H49N7O7/c1-32(51)57-45-41(44)38-13-8-14-40(25-38)49-30-37(29-48(42(49)52)27-35-19-22-46(23-20-35)26-34-11-6-3-7-12-34)28-47(24-21-33-9-4-2-5-10-33)43(53)56-31-36-15-17-39(18-16-36)50(54)55/h2-18,25,35,37H,19-24,26-31H2,1H3,(H2,44,45). The third kappa shape index (κ3) is 11.6. The molecule has 2 N–H and O–H groups in total. The second kappa shape index (κ2) is 19.5. The topological polar surface area (TPSA) is 162 Å². The van der Waals surface area contributed by atoms with Crippen LogP contribution in [0.25, 0.3) is 0 Å². The molecule has 298 valence electrons. The number of non-ortho nitro benzene ring substituents is 1. The molecule has 0 aliphatic carbocycles. The van der Waals surface area contributed by atoms with Crippen molar-refractivity contribution >= 4 is 35.3 Å². The second-order valence-corrected chi connectivity index (χ2v) is 14.7. The van der Waals surface area contributed by atoms with Gasteiger partial charge in [-0.05, 0) is 79.2 Å². The van der Waals surface area contributed by atoms with Gasteiger partial charge in [0.15, 0.2) is 5.84 Å². The zero-order valence-corrected chi connectivity index (χ0v) is 32.1. The molecular formula is C43H49N7O7. The van der Waals surface area contributed by atoms with Gasteiger partial charge < -0.3 is 19.4 Å². The van der Waals surface area contributed by atoms with Gasteiger partial charge in [0.2, 0.25) is 0 Å². The van der Waals surface area contributed by atoms with Gasteiger partial charge in [0.1, 0.15) is 6.61 Å². The fraction of sp³-hybridized carbons (Fsp3) is 0.349. The molecule has 0 saturated carbocycles. The van der Waals surface area contributed by atoms with E-state index in [2.05, 4.69) is 34.6 Å². The van der Waals surface area contributed by atoms with Gasteiger partial charge in [0.25, 0.3) is 5.69 Å². The van der Waals surface area contributed by atoms with Crippen molar-refractivity contribution in [1.29, 1.82) is 5.41 Å². The number of likely N-dealkylation sites (tertiary alicyclic amines) is 1. The number of benzene rings is 4. The predicted octanol–water partition coefficient (Wildman–Crippen LogP) is 6.64. The highest BCUT2D eigenvalue weighted by atomic mass is 16.7. The Labute approximate surface area is 332 Å². The van der Waals surface area contributed by atoms with Gasteiger partial charge in [-0.25, -0.2) is 15.1 Å². The van der Waals surface area contributed by atoms with E-state index in [4.69, 9.17) is 15.0 Å². The van der Waals surface area contributed by atoms with Crippen LogP contribution in [0.4, 0.5) is 21.0 Å². The molecule has 1 unspecified atom stereocenters. The van der Waals surface area contributed by atoms with Gasteiger partial charge in [-0.2, -0.15) is 0 Å². The van der Waals surface area contributed by atoms with Gasteiger partial charge in [-0.1, -0.05) is 72.8 Å². The molecule has 2 heterocycles. The Morgan fingerprint density at radius 3 is 2.23 bits per heavy atom. The molecule has 6 rings (SSSR count). The Bertz CT molecular complexity index is 1990. The minimum Gasteiger partial charge on any atom is -0.445 e. The average Bonchev–Trinajstić information content (AvgIpc) is 3.23. The Morgan fingerprint density at radius 1 is 0.877 bits per heavy atom. The molecule has 0 spiro atoms. The maximum Gasteiger partial charge on any atom is 0.410 e. The van der Waals surface area contributed by atoms with Crippen LogP contribution in [0, 0.1) is 27.4 Å². The zero-order chi connectivity index (χ0) is 40.1. The highest BCUT2D eigenvalue weighted by Gasteiger charge is 2.36. The number of nitrogens with one attached hydrogen (secondary N) is 2. The molecule has 0 radical (unpaired) electrons. The molecule has 0 aromatic heterocycles. The first kappa shape index (κ1) is 40.4. The molecule has 4 aromatic rings. The number of amides is 3. The lowest BCUT2D eigenvalue weighted by molar-refractivity contribution is -0.384. The van der Waals surface area contributed by atoms with Gasteiger partial charge >= 0.3 is 18.1 Å². The molecule has 0 bridgehead atoms. The predicted molar refractivity (Wildman–Crippen MR) is 215 cm³/mol. The number of carbonyl (C=O) groups excluding carboxylic acids is 3. The van der Waals surface area contributed by atoms with E-state index in [0.29, 0.717) is 61.9 Å². The summed E-state index contributed by atoms with van der Waals surface area (Å²) >= 11 is 0. The monoisotopic (exact) mass is 775 g/mol. The van der Waals surface area contributed by atoms with E-state index in [-0.39, 0.29) is 30.1 Å². The highest BCUT2D eigenvalue weighted by molar-refractivity contribution is 5.99. The lowest BCUT2D eigenvalue weighted by atomic mass is 9.94. The summed E-state index contributed by atoms with van der Waals surface area (Å²) in [6.07, 6.45) is 1.98. The van der Waals surface area contributed by atoms with E-state index in [9.17, 15) is 24.5 Å². The molecule has 2 aliphatic heterocycles. The number of ether oxygens (including phenoxy) is 1. The van der Waals surface area contributed by atoms with Crippen molar-refractivity contribution < 1.29 is 28.9 Å². The number of nitro groups is 1. The number of nitro benzene ring substituents is 1. The number of rotatable bonds is 14. The Morgan fingerprint density at radius 2 is 1.56 bits per heavy atom. The minimum absolute atomic E-state index is 0.0451. The van der Waals surface area contributed by atoms with Crippen LogP contribution >= 0.6 is 0 Å². The molecule has 2 fully saturated rings. The van der Waals surface area contributed by atoms with Gasteiger partial charge in [0.05, 0.1) is 4.92 Å². The van der Waals surface area contributed by atoms with E-state index < -0.39 is 17.0 Å². The maximum atomic E-state index is 14.4. The fourth-order valence-corrected chi connectivity index (χ4v) is 7.36. The molecule has 2 aliphatic rings. The SMILES string of the molecule is CC(=O)ONC(=N)c1cccc(N2CC(CN(CCc3ccccc3)C(=O)OCc3ccc([N+](=O)[O-])cc3)CN(CC3CCN(Cc4ccccc4)CC3)C2=O)c1. The number of urea groups is 1. The number of hydroxylamine groups is 1. The summed E-state index contributed by atoms with van der Waals surface area (Å²) in [5, 5.41) is 19.6.